The van der Waals surface area contributed by atoms with Gasteiger partial charge in [-0.2, -0.15) is 8.42 Å². The fourth-order valence-electron chi connectivity index (χ4n) is 2.56. The fourth-order valence-corrected chi connectivity index (χ4v) is 4.55. The Balaban J connectivity index is 1.76. The Labute approximate surface area is 164 Å². The first-order valence-electron chi connectivity index (χ1n) is 7.87. The van der Waals surface area contributed by atoms with Crippen molar-refractivity contribution in [1.29, 1.82) is 0 Å². The van der Waals surface area contributed by atoms with Crippen molar-refractivity contribution in [3.63, 3.8) is 0 Å². The summed E-state index contributed by atoms with van der Waals surface area (Å²) in [6.07, 6.45) is -2.86. The minimum Gasteiger partial charge on any atom is -0.387 e. The van der Waals surface area contributed by atoms with Gasteiger partial charge in [-0.25, -0.2) is 19.5 Å². The van der Waals surface area contributed by atoms with E-state index in [1.807, 2.05) is 0 Å². The highest BCUT2D eigenvalue weighted by Crippen LogP contribution is 2.51. The number of nitrogens with two attached hydrogens (primary N) is 1. The number of anilines is 1. The zero-order valence-electron chi connectivity index (χ0n) is 15.1. The molecule has 0 aliphatic carbocycles. The van der Waals surface area contributed by atoms with Crippen molar-refractivity contribution in [2.24, 2.45) is 0 Å². The molecule has 0 aromatic carbocycles. The van der Waals surface area contributed by atoms with Crippen LogP contribution in [-0.4, -0.2) is 77.3 Å². The predicted octanol–water partition coefficient (Wildman–Crippen LogP) is -1.29. The van der Waals surface area contributed by atoms with Gasteiger partial charge < -0.3 is 20.7 Å². The molecule has 162 valence electrons. The summed E-state index contributed by atoms with van der Waals surface area (Å²) in [6.45, 7) is -0.650. The lowest BCUT2D eigenvalue weighted by atomic mass is 10.1. The van der Waals surface area contributed by atoms with Gasteiger partial charge in [-0.1, -0.05) is 0 Å². The van der Waals surface area contributed by atoms with Crippen LogP contribution in [0.25, 0.3) is 11.2 Å². The molecule has 15 nitrogen and oxygen atoms in total. The quantitative estimate of drug-likeness (QED) is 0.396. The Hall–Kier alpha value is -1.75. The Kier molecular flexibility index (Phi) is 6.19. The van der Waals surface area contributed by atoms with Crippen molar-refractivity contribution >= 4 is 35.2 Å². The molecule has 5 atom stereocenters. The summed E-state index contributed by atoms with van der Waals surface area (Å²) in [7, 11) is -7.57. The zero-order valence-corrected chi connectivity index (χ0v) is 16.8. The number of phosphoric acid groups is 1. The number of imidazole rings is 1. The van der Waals surface area contributed by atoms with E-state index >= 15 is 0 Å². The molecule has 1 saturated heterocycles. The van der Waals surface area contributed by atoms with Gasteiger partial charge in [-0.15, -0.1) is 3.97 Å². The second kappa shape index (κ2) is 8.17. The van der Waals surface area contributed by atoms with Crippen LogP contribution in [0.4, 0.5) is 5.82 Å². The summed E-state index contributed by atoms with van der Waals surface area (Å²) in [4.78, 5) is 11.9. The highest BCUT2D eigenvalue weighted by Gasteiger charge is 2.46. The van der Waals surface area contributed by atoms with E-state index in [0.717, 1.165) is 14.2 Å². The summed E-state index contributed by atoms with van der Waals surface area (Å²) in [5.41, 5.74) is 6.22. The topological polar surface area (TPSA) is 207 Å². The predicted molar refractivity (Wildman–Crippen MR) is 93.2 cm³/mol. The first-order chi connectivity index (χ1) is 13.6. The number of phosphoric ester groups is 1. The molecular formula is C12H18N5O10PS. The van der Waals surface area contributed by atoms with Crippen molar-refractivity contribution in [2.75, 3.05) is 26.6 Å². The largest absolute Gasteiger partial charge is 0.491 e. The summed E-state index contributed by atoms with van der Waals surface area (Å²) >= 11 is 0. The number of hydrogen-bond donors (Lipinski definition) is 3. The molecule has 3 unspecified atom stereocenters. The smallest absolute Gasteiger partial charge is 0.387 e. The van der Waals surface area contributed by atoms with E-state index in [0.29, 0.717) is 0 Å². The molecule has 0 saturated carbocycles. The van der Waals surface area contributed by atoms with Crippen LogP contribution in [0.3, 0.4) is 0 Å². The number of nitrogen functional groups attached to an aromatic ring is 1. The molecule has 2 aromatic heterocycles. The summed E-state index contributed by atoms with van der Waals surface area (Å²) < 4.78 is 59.4. The number of ether oxygens (including phenoxy) is 1. The SMILES string of the molecule is COP(=O)(OC[C@H]1O[C@@H](n2cnc3c(N)ncnc32)C(O)C1O)OS(=O)(=O)OC. The number of aliphatic hydroxyl groups is 2. The Morgan fingerprint density at radius 2 is 2.00 bits per heavy atom. The summed E-state index contributed by atoms with van der Waals surface area (Å²) in [5, 5.41) is 20.6. The van der Waals surface area contributed by atoms with Crippen LogP contribution in [0.1, 0.15) is 6.23 Å². The Morgan fingerprint density at radius 1 is 1.28 bits per heavy atom. The standard InChI is InChI=1S/C12H18N5O10PS/c1-23-28(20,27-29(21,22)24-2)25-3-6-8(18)9(19)12(26-6)17-5-16-7-10(13)14-4-15-11(7)17/h4-6,8-9,12,18-19H,3H2,1-2H3,(H2,13,14,15)/t6-,8?,9?,12-,28?/m1/s1. The summed E-state index contributed by atoms with van der Waals surface area (Å²) in [6, 6.07) is 0. The van der Waals surface area contributed by atoms with Crippen LogP contribution >= 0.6 is 7.82 Å². The number of aromatic nitrogens is 4. The van der Waals surface area contributed by atoms with Crippen LogP contribution in [0.2, 0.25) is 0 Å². The molecule has 17 heteroatoms. The van der Waals surface area contributed by atoms with E-state index in [-0.39, 0.29) is 17.0 Å². The maximum atomic E-state index is 12.3. The lowest BCUT2D eigenvalue weighted by Gasteiger charge is -2.18. The van der Waals surface area contributed by atoms with Gasteiger partial charge in [-0.3, -0.25) is 17.8 Å². The van der Waals surface area contributed by atoms with Gasteiger partial charge in [-0.05, 0) is 0 Å². The van der Waals surface area contributed by atoms with E-state index in [1.54, 1.807) is 0 Å². The number of fused-ring (bicyclic) bond motifs is 1. The normalized spacial score (nSPS) is 27.3. The van der Waals surface area contributed by atoms with Gasteiger partial charge in [0, 0.05) is 7.11 Å². The molecule has 0 amide bonds. The summed E-state index contributed by atoms with van der Waals surface area (Å²) in [5.74, 6) is 0.110. The maximum absolute atomic E-state index is 12.3. The van der Waals surface area contributed by atoms with E-state index in [4.69, 9.17) is 15.0 Å². The van der Waals surface area contributed by atoms with Crippen molar-refractivity contribution in [1.82, 2.24) is 19.5 Å². The number of hydrogen-bond acceptors (Lipinski definition) is 14. The average Bonchev–Trinajstić information content (AvgIpc) is 3.23. The molecule has 2 aromatic rings. The van der Waals surface area contributed by atoms with Crippen LogP contribution in [0.15, 0.2) is 12.7 Å². The minimum atomic E-state index is -4.64. The minimum absolute atomic E-state index is 0.110. The van der Waals surface area contributed by atoms with Crippen LogP contribution in [0.5, 0.6) is 0 Å². The molecule has 0 radical (unpaired) electrons. The second-order valence-corrected chi connectivity index (χ2v) is 8.97. The van der Waals surface area contributed by atoms with Crippen molar-refractivity contribution < 1.29 is 45.1 Å². The monoisotopic (exact) mass is 455 g/mol. The van der Waals surface area contributed by atoms with Crippen LogP contribution in [-0.2, 0) is 36.9 Å². The number of nitrogens with zero attached hydrogens (tertiary/aromatic N) is 4. The molecule has 4 N–H and O–H groups in total. The average molecular weight is 455 g/mol. The molecule has 1 aliphatic heterocycles. The maximum Gasteiger partial charge on any atom is 0.491 e. The van der Waals surface area contributed by atoms with Crippen molar-refractivity contribution in [3.8, 4) is 0 Å². The van der Waals surface area contributed by atoms with E-state index < -0.39 is 49.4 Å². The molecule has 29 heavy (non-hydrogen) atoms. The van der Waals surface area contributed by atoms with E-state index in [1.165, 1.54) is 17.2 Å². The highest BCUT2D eigenvalue weighted by atomic mass is 32.3. The lowest BCUT2D eigenvalue weighted by molar-refractivity contribution is -0.0506. The Morgan fingerprint density at radius 3 is 2.66 bits per heavy atom. The van der Waals surface area contributed by atoms with Crippen molar-refractivity contribution in [2.45, 2.75) is 24.5 Å². The first-order valence-corrected chi connectivity index (χ1v) is 10.7. The Bertz CT molecular complexity index is 1030. The molecule has 0 spiro atoms. The van der Waals surface area contributed by atoms with Gasteiger partial charge >= 0.3 is 18.2 Å². The van der Waals surface area contributed by atoms with Gasteiger partial charge in [0.2, 0.25) is 0 Å². The molecular weight excluding hydrogens is 437 g/mol. The van der Waals surface area contributed by atoms with Gasteiger partial charge in [0.15, 0.2) is 17.7 Å². The third kappa shape index (κ3) is 4.40. The zero-order chi connectivity index (χ0) is 21.4. The third-order valence-corrected chi connectivity index (χ3v) is 6.79. The number of rotatable bonds is 8. The van der Waals surface area contributed by atoms with Gasteiger partial charge in [0.1, 0.15) is 30.2 Å². The molecule has 0 bridgehead atoms. The molecule has 3 rings (SSSR count). The van der Waals surface area contributed by atoms with Crippen LogP contribution in [0, 0.1) is 0 Å². The van der Waals surface area contributed by atoms with Crippen LogP contribution < -0.4 is 5.73 Å². The highest BCUT2D eigenvalue weighted by molar-refractivity contribution is 7.86. The van der Waals surface area contributed by atoms with Gasteiger partial charge in [0.25, 0.3) is 0 Å². The van der Waals surface area contributed by atoms with Gasteiger partial charge in [0.05, 0.1) is 20.0 Å². The van der Waals surface area contributed by atoms with Crippen molar-refractivity contribution in [3.05, 3.63) is 12.7 Å². The second-order valence-electron chi connectivity index (χ2n) is 5.70. The first kappa shape index (κ1) is 21.9. The molecule has 3 heterocycles. The van der Waals surface area contributed by atoms with E-state index in [9.17, 15) is 23.2 Å². The molecule has 1 aliphatic rings. The number of aliphatic hydroxyl groups excluding tert-OH is 2. The third-order valence-electron chi connectivity index (χ3n) is 4.01. The molecule has 1 fully saturated rings. The van der Waals surface area contributed by atoms with E-state index in [2.05, 4.69) is 27.6 Å². The lowest BCUT2D eigenvalue weighted by Crippen LogP contribution is -2.33. The fraction of sp³-hybridized carbons (Fsp3) is 0.583.